The average Bonchev–Trinajstić information content (AvgIpc) is 3.00. The molecule has 1 aliphatic rings. The molecule has 1 aliphatic carbocycles. The van der Waals surface area contributed by atoms with Crippen LogP contribution in [-0.4, -0.2) is 21.3 Å². The third kappa shape index (κ3) is 3.26. The number of nitrogens with two attached hydrogens (primary N) is 1. The van der Waals surface area contributed by atoms with Gasteiger partial charge >= 0.3 is 0 Å². The number of nitrogen functional groups attached to an aromatic ring is 1. The smallest absolute Gasteiger partial charge is 0.232 e. The van der Waals surface area contributed by atoms with Gasteiger partial charge in [0.15, 0.2) is 0 Å². The van der Waals surface area contributed by atoms with Crippen LogP contribution in [0.15, 0.2) is 18.2 Å². The second kappa shape index (κ2) is 4.44. The van der Waals surface area contributed by atoms with Crippen LogP contribution in [0.4, 0.5) is 11.4 Å². The predicted molar refractivity (Wildman–Crippen MR) is 67.5 cm³/mol. The van der Waals surface area contributed by atoms with Crippen molar-refractivity contribution in [1.29, 1.82) is 0 Å². The van der Waals surface area contributed by atoms with Crippen molar-refractivity contribution >= 4 is 21.4 Å². The van der Waals surface area contributed by atoms with Gasteiger partial charge in [-0.1, -0.05) is 0 Å². The molecule has 0 radical (unpaired) electrons. The molecule has 0 atom stereocenters. The maximum absolute atomic E-state index is 11.7. The normalized spacial score (nSPS) is 15.6. The third-order valence-corrected chi connectivity index (χ3v) is 4.11. The third-order valence-electron chi connectivity index (χ3n) is 2.66. The Kier molecular flexibility index (Phi) is 3.15. The molecule has 0 spiro atoms. The van der Waals surface area contributed by atoms with Crippen LogP contribution in [0.5, 0.6) is 5.75 Å². The van der Waals surface area contributed by atoms with Gasteiger partial charge in [-0.15, -0.1) is 0 Å². The van der Waals surface area contributed by atoms with Crippen LogP contribution >= 0.6 is 0 Å². The molecule has 0 aromatic heterocycles. The molecule has 0 bridgehead atoms. The lowest BCUT2D eigenvalue weighted by atomic mass is 10.2. The first kappa shape index (κ1) is 12.0. The summed E-state index contributed by atoms with van der Waals surface area (Å²) >= 11 is 0. The quantitative estimate of drug-likeness (QED) is 0.781. The molecule has 5 nitrogen and oxygen atoms in total. The molecule has 1 fully saturated rings. The van der Waals surface area contributed by atoms with Crippen LogP contribution < -0.4 is 15.2 Å². The molecular weight excluding hydrogens is 240 g/mol. The molecule has 0 saturated heterocycles. The van der Waals surface area contributed by atoms with Crippen molar-refractivity contribution in [2.24, 2.45) is 5.92 Å². The van der Waals surface area contributed by atoms with Crippen molar-refractivity contribution in [2.75, 3.05) is 23.3 Å². The summed E-state index contributed by atoms with van der Waals surface area (Å²) in [6.07, 6.45) is 2.01. The summed E-state index contributed by atoms with van der Waals surface area (Å²) in [5.74, 6) is 1.05. The Bertz CT molecular complexity index is 509. The second-order valence-electron chi connectivity index (χ2n) is 4.28. The minimum Gasteiger partial charge on any atom is -0.495 e. The van der Waals surface area contributed by atoms with E-state index in [1.165, 1.54) is 7.11 Å². The Morgan fingerprint density at radius 2 is 2.18 bits per heavy atom. The molecule has 94 valence electrons. The highest BCUT2D eigenvalue weighted by atomic mass is 32.2. The molecule has 0 aliphatic heterocycles. The van der Waals surface area contributed by atoms with E-state index < -0.39 is 10.0 Å². The number of rotatable bonds is 5. The van der Waals surface area contributed by atoms with Crippen molar-refractivity contribution in [2.45, 2.75) is 12.8 Å². The van der Waals surface area contributed by atoms with Gasteiger partial charge < -0.3 is 10.5 Å². The van der Waals surface area contributed by atoms with Crippen LogP contribution in [0, 0.1) is 5.92 Å². The first-order valence-corrected chi connectivity index (χ1v) is 7.09. The maximum atomic E-state index is 11.7. The van der Waals surface area contributed by atoms with Gasteiger partial charge in [0.2, 0.25) is 10.0 Å². The Balaban J connectivity index is 2.09. The molecule has 1 aromatic rings. The van der Waals surface area contributed by atoms with Crippen LogP contribution in [0.2, 0.25) is 0 Å². The number of nitrogens with one attached hydrogen (secondary N) is 1. The fourth-order valence-corrected chi connectivity index (χ4v) is 3.14. The fourth-order valence-electron chi connectivity index (χ4n) is 1.61. The molecule has 2 rings (SSSR count). The molecule has 6 heteroatoms. The van der Waals surface area contributed by atoms with Gasteiger partial charge in [-0.25, -0.2) is 8.42 Å². The largest absolute Gasteiger partial charge is 0.495 e. The number of anilines is 2. The van der Waals surface area contributed by atoms with E-state index in [1.54, 1.807) is 18.2 Å². The van der Waals surface area contributed by atoms with Gasteiger partial charge in [0.25, 0.3) is 0 Å². The van der Waals surface area contributed by atoms with E-state index in [9.17, 15) is 8.42 Å². The summed E-state index contributed by atoms with van der Waals surface area (Å²) in [5.41, 5.74) is 6.60. The van der Waals surface area contributed by atoms with Crippen LogP contribution in [0.25, 0.3) is 0 Å². The van der Waals surface area contributed by atoms with E-state index in [2.05, 4.69) is 4.72 Å². The van der Waals surface area contributed by atoms with Crippen molar-refractivity contribution in [3.05, 3.63) is 18.2 Å². The zero-order valence-electron chi connectivity index (χ0n) is 9.64. The summed E-state index contributed by atoms with van der Waals surface area (Å²) in [6, 6.07) is 4.84. The number of benzene rings is 1. The molecular formula is C11H16N2O3S. The highest BCUT2D eigenvalue weighted by Gasteiger charge is 2.27. The molecule has 17 heavy (non-hydrogen) atoms. The number of hydrogen-bond donors (Lipinski definition) is 2. The number of sulfonamides is 1. The summed E-state index contributed by atoms with van der Waals surface area (Å²) < 4.78 is 31.0. The van der Waals surface area contributed by atoms with Gasteiger partial charge in [0.05, 0.1) is 24.2 Å². The molecule has 1 saturated carbocycles. The first-order chi connectivity index (χ1) is 8.00. The predicted octanol–water partition coefficient (Wildman–Crippen LogP) is 1.43. The van der Waals surface area contributed by atoms with Crippen LogP contribution in [0.3, 0.4) is 0 Å². The molecule has 0 unspecified atom stereocenters. The van der Waals surface area contributed by atoms with Gasteiger partial charge in [0, 0.05) is 0 Å². The highest BCUT2D eigenvalue weighted by Crippen LogP contribution is 2.31. The van der Waals surface area contributed by atoms with E-state index in [-0.39, 0.29) is 5.75 Å². The van der Waals surface area contributed by atoms with E-state index in [0.29, 0.717) is 23.0 Å². The minimum absolute atomic E-state index is 0.193. The summed E-state index contributed by atoms with van der Waals surface area (Å²) in [5, 5.41) is 0. The summed E-state index contributed by atoms with van der Waals surface area (Å²) in [7, 11) is -1.74. The Morgan fingerprint density at radius 1 is 1.47 bits per heavy atom. The zero-order chi connectivity index (χ0) is 12.5. The SMILES string of the molecule is COc1ccc(NS(=O)(=O)CC2CC2)cc1N. The molecule has 3 N–H and O–H groups in total. The monoisotopic (exact) mass is 256 g/mol. The number of methoxy groups -OCH3 is 1. The van der Waals surface area contributed by atoms with E-state index in [1.807, 2.05) is 0 Å². The standard InChI is InChI=1S/C11H16N2O3S/c1-16-11-5-4-9(6-10(11)12)13-17(14,15)7-8-2-3-8/h4-6,8,13H,2-3,7,12H2,1H3. The minimum atomic E-state index is -3.25. The van der Waals surface area contributed by atoms with Crippen molar-refractivity contribution in [3.63, 3.8) is 0 Å². The second-order valence-corrected chi connectivity index (χ2v) is 6.05. The van der Waals surface area contributed by atoms with E-state index >= 15 is 0 Å². The maximum Gasteiger partial charge on any atom is 0.232 e. The average molecular weight is 256 g/mol. The molecule has 1 aromatic carbocycles. The fraction of sp³-hybridized carbons (Fsp3) is 0.455. The van der Waals surface area contributed by atoms with Gasteiger partial charge in [-0.2, -0.15) is 0 Å². The van der Waals surface area contributed by atoms with Gasteiger partial charge in [-0.3, -0.25) is 4.72 Å². The lowest BCUT2D eigenvalue weighted by Gasteiger charge is -2.10. The van der Waals surface area contributed by atoms with Gasteiger partial charge in [0.1, 0.15) is 5.75 Å². The Hall–Kier alpha value is -1.43. The van der Waals surface area contributed by atoms with Crippen LogP contribution in [0.1, 0.15) is 12.8 Å². The number of hydrogen-bond acceptors (Lipinski definition) is 4. The molecule has 0 amide bonds. The van der Waals surface area contributed by atoms with Crippen molar-refractivity contribution in [1.82, 2.24) is 0 Å². The van der Waals surface area contributed by atoms with E-state index in [4.69, 9.17) is 10.5 Å². The van der Waals surface area contributed by atoms with E-state index in [0.717, 1.165) is 12.8 Å². The molecule has 0 heterocycles. The Morgan fingerprint density at radius 3 is 2.71 bits per heavy atom. The summed E-state index contributed by atoms with van der Waals surface area (Å²) in [4.78, 5) is 0. The number of ether oxygens (including phenoxy) is 1. The van der Waals surface area contributed by atoms with Crippen LogP contribution in [-0.2, 0) is 10.0 Å². The lowest BCUT2D eigenvalue weighted by molar-refractivity contribution is 0.417. The zero-order valence-corrected chi connectivity index (χ0v) is 10.5. The topological polar surface area (TPSA) is 81.4 Å². The lowest BCUT2D eigenvalue weighted by Crippen LogP contribution is -2.17. The summed E-state index contributed by atoms with van der Waals surface area (Å²) in [6.45, 7) is 0. The first-order valence-electron chi connectivity index (χ1n) is 5.44. The van der Waals surface area contributed by atoms with Gasteiger partial charge in [-0.05, 0) is 37.0 Å². The van der Waals surface area contributed by atoms with Crippen molar-refractivity contribution in [3.8, 4) is 5.75 Å². The Labute approximate surface area is 101 Å². The highest BCUT2D eigenvalue weighted by molar-refractivity contribution is 7.92. The van der Waals surface area contributed by atoms with Crippen molar-refractivity contribution < 1.29 is 13.2 Å².